The zero-order chi connectivity index (χ0) is 19.1. The summed E-state index contributed by atoms with van der Waals surface area (Å²) in [6, 6.07) is 13.9. The number of benzene rings is 2. The van der Waals surface area contributed by atoms with Gasteiger partial charge in [0.2, 0.25) is 5.78 Å². The molecule has 0 spiro atoms. The minimum absolute atomic E-state index is 0.278. The molecule has 136 valence electrons. The molecule has 1 unspecified atom stereocenters. The van der Waals surface area contributed by atoms with E-state index in [4.69, 9.17) is 4.74 Å². The molecular weight excluding hydrogens is 398 g/mol. The molecule has 0 heterocycles. The van der Waals surface area contributed by atoms with E-state index in [0.717, 1.165) is 16.5 Å². The lowest BCUT2D eigenvalue weighted by atomic mass is 10.0. The average molecular weight is 418 g/mol. The van der Waals surface area contributed by atoms with Crippen LogP contribution in [0.5, 0.6) is 0 Å². The number of ketones is 1. The normalized spacial score (nSPS) is 11.5. The number of amides is 1. The van der Waals surface area contributed by atoms with Crippen LogP contribution in [0.25, 0.3) is 0 Å². The zero-order valence-electron chi connectivity index (χ0n) is 14.6. The number of hydrogen-bond donors (Lipinski definition) is 1. The lowest BCUT2D eigenvalue weighted by Gasteiger charge is -2.13. The van der Waals surface area contributed by atoms with Crippen molar-refractivity contribution in [2.45, 2.75) is 26.4 Å². The summed E-state index contributed by atoms with van der Waals surface area (Å²) in [5.74, 6) is -1.33. The minimum Gasteiger partial charge on any atom is -0.453 e. The Bertz CT molecular complexity index is 784. The van der Waals surface area contributed by atoms with E-state index in [-0.39, 0.29) is 18.2 Å². The van der Waals surface area contributed by atoms with Crippen LogP contribution in [0.15, 0.2) is 53.0 Å². The molecule has 0 saturated heterocycles. The Morgan fingerprint density at radius 1 is 1.00 bits per heavy atom. The molecule has 0 aliphatic heterocycles. The van der Waals surface area contributed by atoms with Crippen LogP contribution in [0.1, 0.15) is 40.1 Å². The average Bonchev–Trinajstić information content (AvgIpc) is 2.66. The van der Waals surface area contributed by atoms with Crippen molar-refractivity contribution in [2.24, 2.45) is 0 Å². The van der Waals surface area contributed by atoms with Crippen molar-refractivity contribution in [1.82, 2.24) is 5.32 Å². The predicted molar refractivity (Wildman–Crippen MR) is 102 cm³/mol. The molecule has 2 aromatic carbocycles. The first kappa shape index (κ1) is 19.8. The van der Waals surface area contributed by atoms with Crippen molar-refractivity contribution >= 4 is 33.6 Å². The van der Waals surface area contributed by atoms with Gasteiger partial charge in [-0.3, -0.25) is 14.4 Å². The highest BCUT2D eigenvalue weighted by Crippen LogP contribution is 2.11. The van der Waals surface area contributed by atoms with Crippen LogP contribution < -0.4 is 5.32 Å². The van der Waals surface area contributed by atoms with Gasteiger partial charge >= 0.3 is 5.97 Å². The maximum atomic E-state index is 12.3. The fourth-order valence-electron chi connectivity index (χ4n) is 2.29. The van der Waals surface area contributed by atoms with Gasteiger partial charge in [-0.25, -0.2) is 0 Å². The second kappa shape index (κ2) is 9.29. The maximum absolute atomic E-state index is 12.3. The highest BCUT2D eigenvalue weighted by atomic mass is 79.9. The monoisotopic (exact) mass is 417 g/mol. The van der Waals surface area contributed by atoms with Crippen LogP contribution in [0.3, 0.4) is 0 Å². The summed E-state index contributed by atoms with van der Waals surface area (Å²) in [7, 11) is 0. The molecule has 0 fully saturated rings. The summed E-state index contributed by atoms with van der Waals surface area (Å²) in [5, 5.41) is 2.48. The summed E-state index contributed by atoms with van der Waals surface area (Å²) in [5.41, 5.74) is 2.05. The van der Waals surface area contributed by atoms with Gasteiger partial charge in [0.05, 0.1) is 0 Å². The third-order valence-electron chi connectivity index (χ3n) is 3.82. The quantitative estimate of drug-likeness (QED) is 0.552. The van der Waals surface area contributed by atoms with Crippen LogP contribution in [-0.4, -0.2) is 30.3 Å². The van der Waals surface area contributed by atoms with E-state index in [9.17, 15) is 14.4 Å². The van der Waals surface area contributed by atoms with Crippen molar-refractivity contribution in [2.75, 3.05) is 6.54 Å². The first-order valence-corrected chi connectivity index (χ1v) is 9.06. The third kappa shape index (κ3) is 5.52. The standard InChI is InChI=1S/C20H20BrNO4/c1-3-14-4-6-15(7-5-14)19(24)13(2)26-18(23)12-22-20(25)16-8-10-17(21)11-9-16/h4-11,13H,3,12H2,1-2H3,(H,22,25). The van der Waals surface area contributed by atoms with E-state index in [1.54, 1.807) is 36.4 Å². The molecule has 1 N–H and O–H groups in total. The number of Topliss-reactive ketones (excluding diaryl/α,β-unsaturated/α-hetero) is 1. The van der Waals surface area contributed by atoms with Crippen LogP contribution in [0.2, 0.25) is 0 Å². The first-order chi connectivity index (χ1) is 12.4. The fraction of sp³-hybridized carbons (Fsp3) is 0.250. The highest BCUT2D eigenvalue weighted by molar-refractivity contribution is 9.10. The van der Waals surface area contributed by atoms with Gasteiger partial charge < -0.3 is 10.1 Å². The largest absolute Gasteiger partial charge is 0.453 e. The summed E-state index contributed by atoms with van der Waals surface area (Å²) in [6.07, 6.45) is -0.0311. The maximum Gasteiger partial charge on any atom is 0.326 e. The second-order valence-corrected chi connectivity index (χ2v) is 6.65. The van der Waals surface area contributed by atoms with E-state index >= 15 is 0 Å². The summed E-state index contributed by atoms with van der Waals surface area (Å²) in [6.45, 7) is 3.25. The smallest absolute Gasteiger partial charge is 0.326 e. The number of aryl methyl sites for hydroxylation is 1. The predicted octanol–water partition coefficient (Wildman–Crippen LogP) is 3.56. The van der Waals surface area contributed by atoms with Crippen LogP contribution in [0.4, 0.5) is 0 Å². The van der Waals surface area contributed by atoms with E-state index in [0.29, 0.717) is 11.1 Å². The SMILES string of the molecule is CCc1ccc(C(=O)C(C)OC(=O)CNC(=O)c2ccc(Br)cc2)cc1. The van der Waals surface area contributed by atoms with E-state index in [2.05, 4.69) is 21.2 Å². The van der Waals surface area contributed by atoms with E-state index in [1.807, 2.05) is 19.1 Å². The summed E-state index contributed by atoms with van der Waals surface area (Å²) >= 11 is 3.29. The van der Waals surface area contributed by atoms with E-state index in [1.165, 1.54) is 6.92 Å². The lowest BCUT2D eigenvalue weighted by molar-refractivity contribution is -0.145. The zero-order valence-corrected chi connectivity index (χ0v) is 16.2. The van der Waals surface area contributed by atoms with Crippen molar-refractivity contribution in [1.29, 1.82) is 0 Å². The van der Waals surface area contributed by atoms with Gasteiger partial charge in [0.1, 0.15) is 6.54 Å². The molecule has 1 atom stereocenters. The van der Waals surface area contributed by atoms with Gasteiger partial charge in [-0.1, -0.05) is 47.1 Å². The Balaban J connectivity index is 1.85. The summed E-state index contributed by atoms with van der Waals surface area (Å²) < 4.78 is 5.97. The van der Waals surface area contributed by atoms with Crippen LogP contribution in [-0.2, 0) is 16.0 Å². The fourth-order valence-corrected chi connectivity index (χ4v) is 2.55. The molecule has 26 heavy (non-hydrogen) atoms. The van der Waals surface area contributed by atoms with Gasteiger partial charge in [-0.2, -0.15) is 0 Å². The number of halogens is 1. The first-order valence-electron chi connectivity index (χ1n) is 8.27. The number of rotatable bonds is 7. The van der Waals surface area contributed by atoms with Crippen molar-refractivity contribution in [3.05, 3.63) is 69.7 Å². The molecular formula is C20H20BrNO4. The molecule has 0 aromatic heterocycles. The molecule has 2 aromatic rings. The lowest BCUT2D eigenvalue weighted by Crippen LogP contribution is -2.34. The number of esters is 1. The number of hydrogen-bond acceptors (Lipinski definition) is 4. The number of nitrogens with one attached hydrogen (secondary N) is 1. The Kier molecular flexibility index (Phi) is 7.09. The molecule has 5 nitrogen and oxygen atoms in total. The van der Waals surface area contributed by atoms with E-state index < -0.39 is 12.1 Å². The molecule has 6 heteroatoms. The van der Waals surface area contributed by atoms with Gasteiger partial charge in [-0.05, 0) is 43.2 Å². The van der Waals surface area contributed by atoms with Gasteiger partial charge in [0.25, 0.3) is 5.91 Å². The van der Waals surface area contributed by atoms with Crippen LogP contribution >= 0.6 is 15.9 Å². The summed E-state index contributed by atoms with van der Waals surface area (Å²) in [4.78, 5) is 36.1. The number of carbonyl (C=O) groups excluding carboxylic acids is 3. The van der Waals surface area contributed by atoms with Crippen molar-refractivity contribution < 1.29 is 19.1 Å². The highest BCUT2D eigenvalue weighted by Gasteiger charge is 2.20. The Labute approximate surface area is 160 Å². The minimum atomic E-state index is -0.917. The Hall–Kier alpha value is -2.47. The number of carbonyl (C=O) groups is 3. The Morgan fingerprint density at radius 2 is 1.58 bits per heavy atom. The molecule has 0 aliphatic rings. The molecule has 2 rings (SSSR count). The topological polar surface area (TPSA) is 72.5 Å². The van der Waals surface area contributed by atoms with Gasteiger partial charge in [0.15, 0.2) is 6.10 Å². The van der Waals surface area contributed by atoms with Crippen molar-refractivity contribution in [3.63, 3.8) is 0 Å². The van der Waals surface area contributed by atoms with Crippen LogP contribution in [0, 0.1) is 0 Å². The number of ether oxygens (including phenoxy) is 1. The van der Waals surface area contributed by atoms with Gasteiger partial charge in [0, 0.05) is 15.6 Å². The Morgan fingerprint density at radius 3 is 2.15 bits per heavy atom. The third-order valence-corrected chi connectivity index (χ3v) is 4.35. The molecule has 0 radical (unpaired) electrons. The molecule has 0 aliphatic carbocycles. The molecule has 0 saturated carbocycles. The van der Waals surface area contributed by atoms with Gasteiger partial charge in [-0.15, -0.1) is 0 Å². The second-order valence-electron chi connectivity index (χ2n) is 5.74. The van der Waals surface area contributed by atoms with Crippen molar-refractivity contribution in [3.8, 4) is 0 Å². The molecule has 0 bridgehead atoms. The molecule has 1 amide bonds.